The molecule has 3 aromatic heterocycles. The first kappa shape index (κ1) is 17.7. The van der Waals surface area contributed by atoms with Crippen molar-refractivity contribution in [3.8, 4) is 0 Å². The molecule has 0 aliphatic carbocycles. The van der Waals surface area contributed by atoms with Gasteiger partial charge in [-0.2, -0.15) is 0 Å². The quantitative estimate of drug-likeness (QED) is 0.737. The van der Waals surface area contributed by atoms with E-state index in [9.17, 15) is 8.78 Å². The molecule has 1 aliphatic heterocycles. The molecule has 4 rings (SSSR count). The van der Waals surface area contributed by atoms with Gasteiger partial charge in [0.2, 0.25) is 0 Å². The van der Waals surface area contributed by atoms with Gasteiger partial charge in [0.05, 0.1) is 0 Å². The highest BCUT2D eigenvalue weighted by atomic mass is 19.3. The molecule has 144 valence electrons. The van der Waals surface area contributed by atoms with Crippen molar-refractivity contribution in [1.29, 1.82) is 0 Å². The maximum Gasteiger partial charge on any atom is 0.295 e. The Morgan fingerprint density at radius 1 is 1.22 bits per heavy atom. The molecule has 10 heteroatoms. The molecule has 0 spiro atoms. The molecule has 0 fully saturated rings. The monoisotopic (exact) mass is 376 g/mol. The van der Waals surface area contributed by atoms with E-state index in [0.717, 1.165) is 24.5 Å². The van der Waals surface area contributed by atoms with Gasteiger partial charge in [-0.15, -0.1) is 10.2 Å². The molecule has 0 unspecified atom stereocenters. The van der Waals surface area contributed by atoms with Crippen molar-refractivity contribution in [1.82, 2.24) is 34.3 Å². The lowest BCUT2D eigenvalue weighted by molar-refractivity contribution is 0.136. The number of aryl methyl sites for hydroxylation is 2. The van der Waals surface area contributed by atoms with Gasteiger partial charge in [-0.3, -0.25) is 0 Å². The summed E-state index contributed by atoms with van der Waals surface area (Å²) in [6.45, 7) is 7.05. The number of aromatic nitrogens is 7. The number of nitrogens with zero attached hydrogens (tertiary/aromatic N) is 7. The second kappa shape index (κ2) is 6.82. The number of anilines is 1. The van der Waals surface area contributed by atoms with E-state index in [1.165, 1.54) is 10.9 Å². The van der Waals surface area contributed by atoms with E-state index in [0.29, 0.717) is 30.1 Å². The summed E-state index contributed by atoms with van der Waals surface area (Å²) in [6.07, 6.45) is 0.394. The van der Waals surface area contributed by atoms with Crippen molar-refractivity contribution in [2.45, 2.75) is 65.1 Å². The summed E-state index contributed by atoms with van der Waals surface area (Å²) in [7, 11) is 0. The van der Waals surface area contributed by atoms with Crippen LogP contribution in [0.1, 0.15) is 57.0 Å². The Hall–Kier alpha value is -2.65. The van der Waals surface area contributed by atoms with Crippen LogP contribution in [0.5, 0.6) is 0 Å². The van der Waals surface area contributed by atoms with E-state index in [-0.39, 0.29) is 17.8 Å². The summed E-state index contributed by atoms with van der Waals surface area (Å²) in [5, 5.41) is 11.9. The second-order valence-electron chi connectivity index (χ2n) is 7.03. The average Bonchev–Trinajstić information content (AvgIpc) is 3.23. The number of rotatable bonds is 5. The molecular formula is C17H22F2N8. The number of halogens is 2. The van der Waals surface area contributed by atoms with Crippen molar-refractivity contribution < 1.29 is 8.78 Å². The molecule has 1 atom stereocenters. The molecule has 0 saturated carbocycles. The van der Waals surface area contributed by atoms with Gasteiger partial charge in [0.1, 0.15) is 18.0 Å². The molecule has 0 bridgehead atoms. The number of fused-ring (bicyclic) bond motifs is 2. The minimum Gasteiger partial charge on any atom is -0.364 e. The molecule has 3 aromatic rings. The van der Waals surface area contributed by atoms with Crippen LogP contribution in [0.4, 0.5) is 14.6 Å². The fraction of sp³-hybridized carbons (Fsp3) is 0.588. The number of hydrogen-bond donors (Lipinski definition) is 1. The highest BCUT2D eigenvalue weighted by molar-refractivity contribution is 5.83. The second-order valence-corrected chi connectivity index (χ2v) is 7.03. The van der Waals surface area contributed by atoms with E-state index >= 15 is 0 Å². The van der Waals surface area contributed by atoms with Crippen LogP contribution in [0.15, 0.2) is 6.33 Å². The summed E-state index contributed by atoms with van der Waals surface area (Å²) >= 11 is 0. The zero-order valence-electron chi connectivity index (χ0n) is 15.5. The summed E-state index contributed by atoms with van der Waals surface area (Å²) in [5.74, 6) is 2.44. The van der Waals surface area contributed by atoms with Gasteiger partial charge < -0.3 is 14.5 Å². The van der Waals surface area contributed by atoms with Crippen LogP contribution in [0.25, 0.3) is 11.2 Å². The first-order valence-corrected chi connectivity index (χ1v) is 9.17. The van der Waals surface area contributed by atoms with Gasteiger partial charge in [-0.25, -0.2) is 23.7 Å². The van der Waals surface area contributed by atoms with E-state index in [2.05, 4.69) is 48.9 Å². The standard InChI is InChI=1S/C17H22F2N8/c1-4-26-16-12(23-17(26)13(18)19)14(20-8-21-16)22-10-5-6-11-24-25-15(9(2)3)27(11)7-10/h8-10,13H,4-7H2,1-3H3,(H,20,21,22)/t10-/m1/s1. The largest absolute Gasteiger partial charge is 0.364 e. The lowest BCUT2D eigenvalue weighted by atomic mass is 10.1. The Bertz CT molecular complexity index is 961. The minimum absolute atomic E-state index is 0.0888. The Balaban J connectivity index is 1.65. The van der Waals surface area contributed by atoms with Gasteiger partial charge in [-0.05, 0) is 13.3 Å². The Morgan fingerprint density at radius 3 is 2.74 bits per heavy atom. The van der Waals surface area contributed by atoms with Crippen LogP contribution in [0.3, 0.4) is 0 Å². The van der Waals surface area contributed by atoms with Crippen molar-refractivity contribution in [3.05, 3.63) is 23.8 Å². The van der Waals surface area contributed by atoms with E-state index in [1.54, 1.807) is 6.92 Å². The smallest absolute Gasteiger partial charge is 0.295 e. The van der Waals surface area contributed by atoms with Gasteiger partial charge in [-0.1, -0.05) is 13.8 Å². The predicted molar refractivity (Wildman–Crippen MR) is 95.8 cm³/mol. The topological polar surface area (TPSA) is 86.3 Å². The predicted octanol–water partition coefficient (Wildman–Crippen LogP) is 2.93. The van der Waals surface area contributed by atoms with Crippen LogP contribution in [-0.4, -0.2) is 40.3 Å². The van der Waals surface area contributed by atoms with Gasteiger partial charge in [0.15, 0.2) is 22.8 Å². The SMILES string of the molecule is CCn1c(C(F)F)nc2c(N[C@@H]3CCc4nnc(C(C)C)n4C3)ncnc21. The van der Waals surface area contributed by atoms with Crippen molar-refractivity contribution in [2.24, 2.45) is 0 Å². The fourth-order valence-corrected chi connectivity index (χ4v) is 3.62. The molecule has 4 heterocycles. The Morgan fingerprint density at radius 2 is 2.04 bits per heavy atom. The van der Waals surface area contributed by atoms with Crippen LogP contribution in [-0.2, 0) is 19.5 Å². The third-order valence-corrected chi connectivity index (χ3v) is 4.91. The molecule has 0 radical (unpaired) electrons. The molecule has 1 aliphatic rings. The zero-order valence-corrected chi connectivity index (χ0v) is 15.5. The summed E-state index contributed by atoms with van der Waals surface area (Å²) in [6, 6.07) is 0.0888. The molecular weight excluding hydrogens is 354 g/mol. The third kappa shape index (κ3) is 3.02. The molecule has 0 aromatic carbocycles. The lowest BCUT2D eigenvalue weighted by Gasteiger charge is -2.26. The van der Waals surface area contributed by atoms with Crippen LogP contribution in [0, 0.1) is 0 Å². The maximum absolute atomic E-state index is 13.3. The van der Waals surface area contributed by atoms with Crippen molar-refractivity contribution >= 4 is 17.0 Å². The fourth-order valence-electron chi connectivity index (χ4n) is 3.62. The van der Waals surface area contributed by atoms with Gasteiger partial charge >= 0.3 is 0 Å². The number of hydrogen-bond acceptors (Lipinski definition) is 6. The van der Waals surface area contributed by atoms with Crippen LogP contribution >= 0.6 is 0 Å². The van der Waals surface area contributed by atoms with Gasteiger partial charge in [0, 0.05) is 31.5 Å². The normalized spacial score (nSPS) is 17.1. The number of alkyl halides is 2. The first-order chi connectivity index (χ1) is 13.0. The highest BCUT2D eigenvalue weighted by Gasteiger charge is 2.26. The van der Waals surface area contributed by atoms with E-state index in [4.69, 9.17) is 0 Å². The van der Waals surface area contributed by atoms with Crippen molar-refractivity contribution in [2.75, 3.05) is 5.32 Å². The molecule has 27 heavy (non-hydrogen) atoms. The number of imidazole rings is 1. The minimum atomic E-state index is -2.66. The first-order valence-electron chi connectivity index (χ1n) is 9.17. The molecule has 8 nitrogen and oxygen atoms in total. The maximum atomic E-state index is 13.3. The zero-order chi connectivity index (χ0) is 19.1. The van der Waals surface area contributed by atoms with E-state index in [1.807, 2.05) is 0 Å². The summed E-state index contributed by atoms with van der Waals surface area (Å²) in [4.78, 5) is 12.6. The van der Waals surface area contributed by atoms with Gasteiger partial charge in [0.25, 0.3) is 6.43 Å². The molecule has 0 saturated heterocycles. The molecule has 1 N–H and O–H groups in total. The van der Waals surface area contributed by atoms with Crippen molar-refractivity contribution in [3.63, 3.8) is 0 Å². The Kier molecular flexibility index (Phi) is 4.48. The average molecular weight is 376 g/mol. The lowest BCUT2D eigenvalue weighted by Crippen LogP contribution is -2.32. The highest BCUT2D eigenvalue weighted by Crippen LogP contribution is 2.28. The van der Waals surface area contributed by atoms with E-state index < -0.39 is 6.43 Å². The number of nitrogens with one attached hydrogen (secondary N) is 1. The van der Waals surface area contributed by atoms with Crippen LogP contribution in [0.2, 0.25) is 0 Å². The summed E-state index contributed by atoms with van der Waals surface area (Å²) < 4.78 is 30.2. The molecule has 0 amide bonds. The summed E-state index contributed by atoms with van der Waals surface area (Å²) in [5.41, 5.74) is 0.808. The Labute approximate surface area is 155 Å². The third-order valence-electron chi connectivity index (χ3n) is 4.91. The van der Waals surface area contributed by atoms with Crippen LogP contribution < -0.4 is 5.32 Å².